The molecular weight excluding hydrogens is 561 g/mol. The van der Waals surface area contributed by atoms with Crippen LogP contribution in [0.4, 0.5) is 5.13 Å². The molecule has 36 heavy (non-hydrogen) atoms. The Balaban J connectivity index is 1.28. The van der Waals surface area contributed by atoms with Crippen molar-refractivity contribution in [2.24, 2.45) is 0 Å². The standard InChI is InChI=1S/C24H16Cl3N5O2S2/c25-14-6-8-15(9-7-14)32-22(20-5-2-10-34-20)30-31-24(32)35-13-21(33)29-23-28-12-16(36-23)11-17-18(26)3-1-4-19(17)27/h1-10,12H,11,13H2,(H,28,29,33). The third-order valence-electron chi connectivity index (χ3n) is 5.00. The number of thiazole rings is 1. The number of amides is 1. The Kier molecular flexibility index (Phi) is 7.64. The molecule has 0 saturated carbocycles. The average Bonchev–Trinajstić information content (AvgIpc) is 3.62. The summed E-state index contributed by atoms with van der Waals surface area (Å²) in [4.78, 5) is 17.9. The molecule has 7 nitrogen and oxygen atoms in total. The first-order chi connectivity index (χ1) is 17.5. The fourth-order valence-corrected chi connectivity index (χ4v) is 5.61. The van der Waals surface area contributed by atoms with E-state index in [-0.39, 0.29) is 11.7 Å². The number of thioether (sulfide) groups is 1. The molecule has 0 bridgehead atoms. The predicted octanol–water partition coefficient (Wildman–Crippen LogP) is 7.27. The van der Waals surface area contributed by atoms with Crippen LogP contribution in [0.2, 0.25) is 15.1 Å². The van der Waals surface area contributed by atoms with Crippen LogP contribution in [0.3, 0.4) is 0 Å². The van der Waals surface area contributed by atoms with Crippen molar-refractivity contribution in [2.75, 3.05) is 11.1 Å². The van der Waals surface area contributed by atoms with Crippen LogP contribution < -0.4 is 5.32 Å². The number of hydrogen-bond acceptors (Lipinski definition) is 7. The molecule has 182 valence electrons. The highest BCUT2D eigenvalue weighted by molar-refractivity contribution is 7.99. The van der Waals surface area contributed by atoms with Crippen molar-refractivity contribution in [3.05, 3.63) is 92.6 Å². The van der Waals surface area contributed by atoms with E-state index in [4.69, 9.17) is 39.2 Å². The van der Waals surface area contributed by atoms with Crippen molar-refractivity contribution in [2.45, 2.75) is 11.6 Å². The van der Waals surface area contributed by atoms with Crippen LogP contribution in [0.1, 0.15) is 10.4 Å². The third-order valence-corrected chi connectivity index (χ3v) is 7.81. The third kappa shape index (κ3) is 5.61. The maximum atomic E-state index is 12.7. The van der Waals surface area contributed by atoms with Gasteiger partial charge in [0.05, 0.1) is 12.0 Å². The molecule has 0 fully saturated rings. The van der Waals surface area contributed by atoms with Crippen LogP contribution in [0, 0.1) is 0 Å². The summed E-state index contributed by atoms with van der Waals surface area (Å²) in [5.74, 6) is 0.965. The van der Waals surface area contributed by atoms with Crippen LogP contribution in [-0.4, -0.2) is 31.4 Å². The van der Waals surface area contributed by atoms with Gasteiger partial charge in [0.2, 0.25) is 11.7 Å². The molecule has 0 unspecified atom stereocenters. The number of furan rings is 1. The molecule has 1 amide bonds. The maximum Gasteiger partial charge on any atom is 0.236 e. The summed E-state index contributed by atoms with van der Waals surface area (Å²) in [6.07, 6.45) is 3.80. The number of carbonyl (C=O) groups excluding carboxylic acids is 1. The lowest BCUT2D eigenvalue weighted by Crippen LogP contribution is -2.14. The zero-order chi connectivity index (χ0) is 25.1. The van der Waals surface area contributed by atoms with E-state index < -0.39 is 0 Å². The Morgan fingerprint density at radius 1 is 1.03 bits per heavy atom. The van der Waals surface area contributed by atoms with Gasteiger partial charge in [0.25, 0.3) is 0 Å². The molecule has 12 heteroatoms. The minimum atomic E-state index is -0.220. The molecule has 1 N–H and O–H groups in total. The van der Waals surface area contributed by atoms with Crippen molar-refractivity contribution in [3.8, 4) is 17.3 Å². The van der Waals surface area contributed by atoms with E-state index in [9.17, 15) is 4.79 Å². The number of aromatic nitrogens is 4. The lowest BCUT2D eigenvalue weighted by Gasteiger charge is -2.09. The Labute approximate surface area is 229 Å². The fourth-order valence-electron chi connectivity index (χ4n) is 3.36. The fraction of sp³-hybridized carbons (Fsp3) is 0.0833. The van der Waals surface area contributed by atoms with E-state index in [1.54, 1.807) is 54.9 Å². The molecule has 0 radical (unpaired) electrons. The van der Waals surface area contributed by atoms with Gasteiger partial charge in [-0.2, -0.15) is 0 Å². The number of rotatable bonds is 8. The highest BCUT2D eigenvalue weighted by Crippen LogP contribution is 2.31. The summed E-state index contributed by atoms with van der Waals surface area (Å²) in [7, 11) is 0. The minimum Gasteiger partial charge on any atom is -0.461 e. The lowest BCUT2D eigenvalue weighted by atomic mass is 10.1. The van der Waals surface area contributed by atoms with Crippen LogP contribution in [0.25, 0.3) is 17.3 Å². The molecule has 2 aromatic carbocycles. The van der Waals surface area contributed by atoms with E-state index >= 15 is 0 Å². The quantitative estimate of drug-likeness (QED) is 0.196. The summed E-state index contributed by atoms with van der Waals surface area (Å²) >= 11 is 21.2. The summed E-state index contributed by atoms with van der Waals surface area (Å²) < 4.78 is 7.34. The number of hydrogen-bond donors (Lipinski definition) is 1. The molecule has 0 aliphatic rings. The number of halogens is 3. The molecule has 0 aliphatic carbocycles. The first kappa shape index (κ1) is 24.9. The number of nitrogens with zero attached hydrogens (tertiary/aromatic N) is 4. The van der Waals surface area contributed by atoms with E-state index in [1.165, 1.54) is 23.1 Å². The van der Waals surface area contributed by atoms with Crippen molar-refractivity contribution < 1.29 is 9.21 Å². The zero-order valence-corrected chi connectivity index (χ0v) is 22.2. The SMILES string of the molecule is O=C(CSc1nnc(-c2ccco2)n1-c1ccc(Cl)cc1)Nc1ncc(Cc2c(Cl)cccc2Cl)s1. The van der Waals surface area contributed by atoms with E-state index in [0.717, 1.165) is 16.1 Å². The van der Waals surface area contributed by atoms with Gasteiger partial charge in [0, 0.05) is 38.3 Å². The topological polar surface area (TPSA) is 85.8 Å². The van der Waals surface area contributed by atoms with E-state index in [1.807, 2.05) is 16.7 Å². The Morgan fingerprint density at radius 3 is 2.53 bits per heavy atom. The normalized spacial score (nSPS) is 11.1. The van der Waals surface area contributed by atoms with Gasteiger partial charge in [0.15, 0.2) is 16.0 Å². The maximum absolute atomic E-state index is 12.7. The van der Waals surface area contributed by atoms with Crippen LogP contribution in [0.5, 0.6) is 0 Å². The molecular formula is C24H16Cl3N5O2S2. The smallest absolute Gasteiger partial charge is 0.236 e. The predicted molar refractivity (Wildman–Crippen MR) is 145 cm³/mol. The summed E-state index contributed by atoms with van der Waals surface area (Å²) in [5, 5.41) is 14.2. The average molecular weight is 577 g/mol. The molecule has 3 aromatic heterocycles. The van der Waals surface area contributed by atoms with Gasteiger partial charge in [0.1, 0.15) is 0 Å². The van der Waals surface area contributed by atoms with Gasteiger partial charge in [-0.25, -0.2) is 4.98 Å². The van der Waals surface area contributed by atoms with Gasteiger partial charge >= 0.3 is 0 Å². The van der Waals surface area contributed by atoms with E-state index in [2.05, 4.69) is 20.5 Å². The van der Waals surface area contributed by atoms with Crippen LogP contribution in [-0.2, 0) is 11.2 Å². The summed E-state index contributed by atoms with van der Waals surface area (Å²) in [6.45, 7) is 0. The molecule has 0 spiro atoms. The zero-order valence-electron chi connectivity index (χ0n) is 18.3. The van der Waals surface area contributed by atoms with Gasteiger partial charge in [-0.05, 0) is 54.1 Å². The number of anilines is 1. The number of nitrogens with one attached hydrogen (secondary N) is 1. The molecule has 0 aliphatic heterocycles. The van der Waals surface area contributed by atoms with Crippen molar-refractivity contribution in [1.82, 2.24) is 19.7 Å². The first-order valence-corrected chi connectivity index (χ1v) is 13.5. The van der Waals surface area contributed by atoms with Gasteiger partial charge in [-0.1, -0.05) is 52.6 Å². The van der Waals surface area contributed by atoms with E-state index in [0.29, 0.717) is 43.4 Å². The first-order valence-electron chi connectivity index (χ1n) is 10.5. The molecule has 0 atom stereocenters. The van der Waals surface area contributed by atoms with Crippen molar-refractivity contribution in [3.63, 3.8) is 0 Å². The second kappa shape index (κ2) is 11.1. The number of carbonyl (C=O) groups is 1. The van der Waals surface area contributed by atoms with Gasteiger partial charge < -0.3 is 9.73 Å². The monoisotopic (exact) mass is 575 g/mol. The minimum absolute atomic E-state index is 0.106. The van der Waals surface area contributed by atoms with Crippen molar-refractivity contribution in [1.29, 1.82) is 0 Å². The second-order valence-electron chi connectivity index (χ2n) is 7.44. The summed E-state index contributed by atoms with van der Waals surface area (Å²) in [5.41, 5.74) is 1.62. The van der Waals surface area contributed by atoms with Crippen LogP contribution >= 0.6 is 57.9 Å². The van der Waals surface area contributed by atoms with Crippen molar-refractivity contribution >= 4 is 68.9 Å². The van der Waals surface area contributed by atoms with Gasteiger partial charge in [-0.3, -0.25) is 9.36 Å². The molecule has 5 rings (SSSR count). The highest BCUT2D eigenvalue weighted by atomic mass is 35.5. The molecule has 3 heterocycles. The molecule has 5 aromatic rings. The van der Waals surface area contributed by atoms with Gasteiger partial charge in [-0.15, -0.1) is 21.5 Å². The number of benzene rings is 2. The largest absolute Gasteiger partial charge is 0.461 e. The lowest BCUT2D eigenvalue weighted by molar-refractivity contribution is -0.113. The molecule has 0 saturated heterocycles. The van der Waals surface area contributed by atoms with Crippen LogP contribution in [0.15, 0.2) is 76.6 Å². The Bertz CT molecular complexity index is 1480. The Hall–Kier alpha value is -2.82. The summed E-state index contributed by atoms with van der Waals surface area (Å²) in [6, 6.07) is 16.2. The highest BCUT2D eigenvalue weighted by Gasteiger charge is 2.19. The second-order valence-corrected chi connectivity index (χ2v) is 10.7. The Morgan fingerprint density at radius 2 is 1.81 bits per heavy atom.